The molecule has 0 aliphatic carbocycles. The second kappa shape index (κ2) is 7.75. The summed E-state index contributed by atoms with van der Waals surface area (Å²) < 4.78 is 6.58. The number of H-pyrrole nitrogens is 2. The van der Waals surface area contributed by atoms with E-state index in [-0.39, 0.29) is 38.6 Å². The van der Waals surface area contributed by atoms with E-state index in [1.165, 1.54) is 12.1 Å². The van der Waals surface area contributed by atoms with Crippen LogP contribution < -0.4 is 21.5 Å². The predicted octanol–water partition coefficient (Wildman–Crippen LogP) is 1.75. The molecule has 0 amide bonds. The summed E-state index contributed by atoms with van der Waals surface area (Å²) in [5.74, 6) is 0.107. The molecular formula is C18H11Cl2N5O5. The van der Waals surface area contributed by atoms with Crippen LogP contribution in [0, 0.1) is 0 Å². The number of nitrogens with zero attached hydrogens (tertiary/aromatic N) is 3. The summed E-state index contributed by atoms with van der Waals surface area (Å²) in [6.07, 6.45) is 0. The molecule has 10 nitrogen and oxygen atoms in total. The van der Waals surface area contributed by atoms with Crippen LogP contribution in [-0.4, -0.2) is 30.1 Å². The number of fused-ring (bicyclic) bond motifs is 1. The second-order valence-corrected chi connectivity index (χ2v) is 6.83. The van der Waals surface area contributed by atoms with Crippen molar-refractivity contribution < 1.29 is 9.84 Å². The van der Waals surface area contributed by atoms with Crippen LogP contribution >= 0.6 is 23.2 Å². The Hall–Kier alpha value is -3.47. The van der Waals surface area contributed by atoms with Crippen LogP contribution in [0.2, 0.25) is 10.0 Å². The van der Waals surface area contributed by atoms with Crippen molar-refractivity contribution in [3.05, 3.63) is 83.3 Å². The molecule has 3 N–H and O–H groups in total. The maximum Gasteiger partial charge on any atom is 0.349 e. The molecule has 0 bridgehead atoms. The molecule has 0 aliphatic rings. The first-order valence-electron chi connectivity index (χ1n) is 8.37. The normalized spacial score (nSPS) is 11.0. The van der Waals surface area contributed by atoms with Crippen LogP contribution in [0.1, 0.15) is 5.69 Å². The third-order valence-electron chi connectivity index (χ3n) is 4.13. The van der Waals surface area contributed by atoms with E-state index in [0.29, 0.717) is 10.8 Å². The van der Waals surface area contributed by atoms with E-state index in [1.807, 2.05) is 4.98 Å². The monoisotopic (exact) mass is 447 g/mol. The van der Waals surface area contributed by atoms with Gasteiger partial charge in [-0.1, -0.05) is 35.3 Å². The van der Waals surface area contributed by atoms with Crippen molar-refractivity contribution >= 4 is 34.0 Å². The molecule has 0 radical (unpaired) electrons. The van der Waals surface area contributed by atoms with Gasteiger partial charge in [0.15, 0.2) is 11.4 Å². The van der Waals surface area contributed by atoms with Gasteiger partial charge in [0.2, 0.25) is 5.88 Å². The van der Waals surface area contributed by atoms with Gasteiger partial charge in [-0.2, -0.15) is 9.78 Å². The number of rotatable bonds is 4. The van der Waals surface area contributed by atoms with Gasteiger partial charge in [-0.05, 0) is 24.3 Å². The number of aliphatic hydroxyl groups excluding tert-OH is 1. The minimum absolute atomic E-state index is 0.0139. The average molecular weight is 448 g/mol. The Balaban J connectivity index is 1.81. The van der Waals surface area contributed by atoms with E-state index >= 15 is 0 Å². The third-order valence-corrected chi connectivity index (χ3v) is 4.69. The number of ether oxygens (including phenoxy) is 1. The molecule has 2 aromatic carbocycles. The molecule has 2 heterocycles. The standard InChI is InChI=1S/C18H11Cl2N5O5/c19-11-5-8(25-18(29)21-16(28)13(7-26)24-25)6-12(20)14(11)30-17-10-4-2-1-3-9(10)15(27)22-23-17/h1-6,26H,7H2,(H,22,27)(H,21,28,29). The van der Waals surface area contributed by atoms with Crippen molar-refractivity contribution in [1.29, 1.82) is 0 Å². The zero-order valence-electron chi connectivity index (χ0n) is 14.8. The van der Waals surface area contributed by atoms with Gasteiger partial charge in [0.25, 0.3) is 11.1 Å². The van der Waals surface area contributed by atoms with Crippen molar-refractivity contribution in [3.63, 3.8) is 0 Å². The summed E-state index contributed by atoms with van der Waals surface area (Å²) in [5.41, 5.74) is -2.15. The van der Waals surface area contributed by atoms with E-state index in [1.54, 1.807) is 24.3 Å². The zero-order valence-corrected chi connectivity index (χ0v) is 16.4. The highest BCUT2D eigenvalue weighted by atomic mass is 35.5. The summed E-state index contributed by atoms with van der Waals surface area (Å²) in [4.78, 5) is 37.6. The number of hydrogen-bond donors (Lipinski definition) is 3. The molecule has 12 heteroatoms. The SMILES string of the molecule is O=c1[nH]c(=O)n(-c2cc(Cl)c(Oc3n[nH]c(=O)c4ccccc34)c(Cl)c2)nc1CO. The Bertz CT molecular complexity index is 1440. The number of benzene rings is 2. The number of nitrogens with one attached hydrogen (secondary N) is 2. The van der Waals surface area contributed by atoms with Crippen molar-refractivity contribution in [2.75, 3.05) is 0 Å². The fraction of sp³-hybridized carbons (Fsp3) is 0.0556. The third kappa shape index (κ3) is 3.47. The van der Waals surface area contributed by atoms with E-state index in [4.69, 9.17) is 27.9 Å². The highest BCUT2D eigenvalue weighted by molar-refractivity contribution is 6.37. The summed E-state index contributed by atoms with van der Waals surface area (Å²) >= 11 is 12.6. The fourth-order valence-electron chi connectivity index (χ4n) is 2.74. The molecular weight excluding hydrogens is 437 g/mol. The highest BCUT2D eigenvalue weighted by Crippen LogP contribution is 2.38. The summed E-state index contributed by atoms with van der Waals surface area (Å²) in [6, 6.07) is 9.36. The molecule has 2 aromatic heterocycles. The van der Waals surface area contributed by atoms with Crippen LogP contribution in [0.15, 0.2) is 50.8 Å². The van der Waals surface area contributed by atoms with Crippen molar-refractivity contribution in [3.8, 4) is 17.3 Å². The summed E-state index contributed by atoms with van der Waals surface area (Å²) in [6.45, 7) is -0.663. The zero-order chi connectivity index (χ0) is 21.4. The maximum atomic E-state index is 12.1. The molecule has 0 fully saturated rings. The molecule has 4 aromatic rings. The second-order valence-electron chi connectivity index (χ2n) is 6.02. The first kappa shape index (κ1) is 19.8. The Labute approximate surface area is 176 Å². The molecule has 0 unspecified atom stereocenters. The first-order chi connectivity index (χ1) is 14.4. The number of halogens is 2. The maximum absolute atomic E-state index is 12.1. The van der Waals surface area contributed by atoms with Gasteiger partial charge < -0.3 is 9.84 Å². The highest BCUT2D eigenvalue weighted by Gasteiger charge is 2.17. The van der Waals surface area contributed by atoms with Gasteiger partial charge in [0, 0.05) is 0 Å². The predicted molar refractivity (Wildman–Crippen MR) is 109 cm³/mol. The Morgan fingerprint density at radius 3 is 2.37 bits per heavy atom. The number of aliphatic hydroxyl groups is 1. The van der Waals surface area contributed by atoms with Crippen molar-refractivity contribution in [2.45, 2.75) is 6.61 Å². The molecule has 152 valence electrons. The van der Waals surface area contributed by atoms with Crippen molar-refractivity contribution in [1.82, 2.24) is 25.0 Å². The largest absolute Gasteiger partial charge is 0.434 e. The van der Waals surface area contributed by atoms with Gasteiger partial charge in [0.1, 0.15) is 0 Å². The summed E-state index contributed by atoms with van der Waals surface area (Å²) in [7, 11) is 0. The number of aromatic amines is 2. The molecule has 0 atom stereocenters. The molecule has 30 heavy (non-hydrogen) atoms. The van der Waals surface area contributed by atoms with Crippen molar-refractivity contribution in [2.24, 2.45) is 0 Å². The Morgan fingerprint density at radius 2 is 1.70 bits per heavy atom. The number of aromatic nitrogens is 5. The van der Waals surface area contributed by atoms with Crippen LogP contribution in [0.3, 0.4) is 0 Å². The molecule has 0 spiro atoms. The molecule has 0 aliphatic heterocycles. The molecule has 0 saturated carbocycles. The van der Waals surface area contributed by atoms with Gasteiger partial charge in [-0.15, -0.1) is 5.10 Å². The summed E-state index contributed by atoms with van der Waals surface area (Å²) in [5, 5.41) is 20.1. The minimum Gasteiger partial charge on any atom is -0.434 e. The molecule has 4 rings (SSSR count). The van der Waals surface area contributed by atoms with Gasteiger partial charge >= 0.3 is 5.69 Å². The minimum atomic E-state index is -0.841. The Morgan fingerprint density at radius 1 is 1.03 bits per heavy atom. The first-order valence-corrected chi connectivity index (χ1v) is 9.12. The van der Waals surface area contributed by atoms with Gasteiger partial charge in [-0.25, -0.2) is 9.89 Å². The van der Waals surface area contributed by atoms with E-state index < -0.39 is 17.9 Å². The topological polar surface area (TPSA) is 143 Å². The van der Waals surface area contributed by atoms with E-state index in [2.05, 4.69) is 15.3 Å². The fourth-order valence-corrected chi connectivity index (χ4v) is 3.30. The van der Waals surface area contributed by atoms with Crippen LogP contribution in [0.25, 0.3) is 16.5 Å². The van der Waals surface area contributed by atoms with Crippen LogP contribution in [-0.2, 0) is 6.61 Å². The number of hydrogen-bond acceptors (Lipinski definition) is 7. The van der Waals surface area contributed by atoms with Gasteiger partial charge in [-0.3, -0.25) is 14.6 Å². The lowest BCUT2D eigenvalue weighted by molar-refractivity contribution is 0.271. The average Bonchev–Trinajstić information content (AvgIpc) is 2.72. The van der Waals surface area contributed by atoms with E-state index in [9.17, 15) is 19.5 Å². The Kier molecular flexibility index (Phi) is 5.12. The van der Waals surface area contributed by atoms with Crippen LogP contribution in [0.4, 0.5) is 0 Å². The lowest BCUT2D eigenvalue weighted by atomic mass is 10.2. The molecule has 0 saturated heterocycles. The lowest BCUT2D eigenvalue weighted by Gasteiger charge is -2.12. The quantitative estimate of drug-likeness (QED) is 0.432. The lowest BCUT2D eigenvalue weighted by Crippen LogP contribution is -2.34. The smallest absolute Gasteiger partial charge is 0.349 e. The van der Waals surface area contributed by atoms with Crippen LogP contribution in [0.5, 0.6) is 11.6 Å². The van der Waals surface area contributed by atoms with Gasteiger partial charge in [0.05, 0.1) is 33.1 Å². The van der Waals surface area contributed by atoms with E-state index in [0.717, 1.165) is 4.68 Å².